The van der Waals surface area contributed by atoms with E-state index in [-0.39, 0.29) is 18.1 Å². The van der Waals surface area contributed by atoms with Crippen LogP contribution in [0.4, 0.5) is 5.69 Å². The highest BCUT2D eigenvalue weighted by molar-refractivity contribution is 6.09. The summed E-state index contributed by atoms with van der Waals surface area (Å²) >= 11 is 0. The van der Waals surface area contributed by atoms with Crippen LogP contribution in [-0.2, 0) is 14.3 Å². The van der Waals surface area contributed by atoms with E-state index in [4.69, 9.17) is 10.6 Å². The molecule has 0 bridgehead atoms. The molecule has 8 nitrogen and oxygen atoms in total. The molecule has 0 saturated carbocycles. The number of benzene rings is 2. The lowest BCUT2D eigenvalue weighted by atomic mass is 9.96. The van der Waals surface area contributed by atoms with Gasteiger partial charge in [-0.1, -0.05) is 36.4 Å². The van der Waals surface area contributed by atoms with Crippen molar-refractivity contribution in [2.45, 2.75) is 19.9 Å². The van der Waals surface area contributed by atoms with Crippen molar-refractivity contribution < 1.29 is 14.3 Å². The number of nitrogens with one attached hydrogen (secondary N) is 1. The van der Waals surface area contributed by atoms with Crippen molar-refractivity contribution in [2.75, 3.05) is 18.5 Å². The Hall–Kier alpha value is -3.91. The van der Waals surface area contributed by atoms with E-state index in [9.17, 15) is 9.59 Å². The van der Waals surface area contributed by atoms with E-state index in [1.54, 1.807) is 13.1 Å². The fourth-order valence-corrected chi connectivity index (χ4v) is 3.89. The molecule has 3 N–H and O–H groups in total. The van der Waals surface area contributed by atoms with E-state index in [0.717, 1.165) is 10.9 Å². The van der Waals surface area contributed by atoms with Crippen molar-refractivity contribution in [1.29, 1.82) is 0 Å². The molecule has 32 heavy (non-hydrogen) atoms. The fraction of sp³-hybridized carbons (Fsp3) is 0.208. The molecule has 0 radical (unpaired) electrons. The molecule has 1 aliphatic heterocycles. The molecular weight excluding hydrogens is 406 g/mol. The van der Waals surface area contributed by atoms with Crippen LogP contribution in [0.15, 0.2) is 72.4 Å². The minimum absolute atomic E-state index is 0.163. The van der Waals surface area contributed by atoms with Crippen molar-refractivity contribution in [3.05, 3.63) is 78.0 Å². The highest BCUT2D eigenvalue weighted by Gasteiger charge is 2.43. The van der Waals surface area contributed by atoms with E-state index in [1.165, 1.54) is 10.1 Å². The second-order valence-electron chi connectivity index (χ2n) is 7.20. The fourth-order valence-electron chi connectivity index (χ4n) is 3.89. The van der Waals surface area contributed by atoms with Crippen LogP contribution in [0.25, 0.3) is 16.6 Å². The number of carbonyl (C=O) groups is 2. The lowest BCUT2D eigenvalue weighted by Crippen LogP contribution is -2.59. The van der Waals surface area contributed by atoms with Crippen molar-refractivity contribution >= 4 is 34.2 Å². The van der Waals surface area contributed by atoms with Gasteiger partial charge in [0, 0.05) is 29.4 Å². The number of nitrogens with two attached hydrogens (primary N) is 1. The third-order valence-corrected chi connectivity index (χ3v) is 5.32. The molecule has 0 spiro atoms. The average molecular weight is 431 g/mol. The third-order valence-electron chi connectivity index (χ3n) is 5.32. The summed E-state index contributed by atoms with van der Waals surface area (Å²) in [7, 11) is 0. The first-order chi connectivity index (χ1) is 15.6. The number of ether oxygens (including phenoxy) is 1. The van der Waals surface area contributed by atoms with Crippen LogP contribution in [0.2, 0.25) is 0 Å². The van der Waals surface area contributed by atoms with E-state index in [0.29, 0.717) is 23.5 Å². The van der Waals surface area contributed by atoms with Gasteiger partial charge in [0.15, 0.2) is 0 Å². The van der Waals surface area contributed by atoms with Gasteiger partial charge in [-0.2, -0.15) is 0 Å². The van der Waals surface area contributed by atoms with Crippen LogP contribution >= 0.6 is 0 Å². The average Bonchev–Trinajstić information content (AvgIpc) is 2.81. The van der Waals surface area contributed by atoms with Gasteiger partial charge in [0.25, 0.3) is 5.91 Å². The summed E-state index contributed by atoms with van der Waals surface area (Å²) in [6, 6.07) is 17.6. The SMILES string of the molecule is CCOC(=O)C1=C(c2ccccc2)N(N)N(CC)C(=O)C1Nc1cccc2ncccc12. The summed E-state index contributed by atoms with van der Waals surface area (Å²) in [5.74, 6) is 5.42. The molecule has 1 amide bonds. The maximum Gasteiger partial charge on any atom is 0.338 e. The predicted molar refractivity (Wildman–Crippen MR) is 123 cm³/mol. The van der Waals surface area contributed by atoms with E-state index < -0.39 is 12.0 Å². The van der Waals surface area contributed by atoms with Crippen LogP contribution in [0.1, 0.15) is 19.4 Å². The van der Waals surface area contributed by atoms with Crippen molar-refractivity contribution in [3.8, 4) is 0 Å². The van der Waals surface area contributed by atoms with Gasteiger partial charge in [-0.15, -0.1) is 0 Å². The molecule has 3 aromatic rings. The summed E-state index contributed by atoms with van der Waals surface area (Å²) in [5, 5.41) is 6.77. The molecule has 2 heterocycles. The monoisotopic (exact) mass is 431 g/mol. The normalized spacial score (nSPS) is 16.5. The summed E-state index contributed by atoms with van der Waals surface area (Å²) in [4.78, 5) is 31.0. The molecule has 164 valence electrons. The molecule has 1 aliphatic rings. The number of carbonyl (C=O) groups excluding carboxylic acids is 2. The number of hydrogen-bond donors (Lipinski definition) is 2. The van der Waals surface area contributed by atoms with Gasteiger partial charge >= 0.3 is 5.97 Å². The Morgan fingerprint density at radius 2 is 1.88 bits per heavy atom. The van der Waals surface area contributed by atoms with Crippen LogP contribution < -0.4 is 11.2 Å². The Bertz CT molecular complexity index is 1170. The van der Waals surface area contributed by atoms with Gasteiger partial charge in [-0.05, 0) is 38.1 Å². The standard InChI is InChI=1S/C24H25N5O3/c1-3-28-23(30)21(27-19-14-8-13-18-17(19)12-9-15-26-18)20(24(31)32-4-2)22(29(28)25)16-10-6-5-7-11-16/h5-15,21,27H,3-4,25H2,1-2H3. The zero-order valence-electron chi connectivity index (χ0n) is 18.0. The molecule has 2 aromatic carbocycles. The number of hydrazine groups is 2. The second kappa shape index (κ2) is 9.07. The molecule has 0 aliphatic carbocycles. The summed E-state index contributed by atoms with van der Waals surface area (Å²) in [6.45, 7) is 4.06. The highest BCUT2D eigenvalue weighted by Crippen LogP contribution is 2.33. The van der Waals surface area contributed by atoms with Gasteiger partial charge in [0.1, 0.15) is 6.04 Å². The molecule has 8 heteroatoms. The summed E-state index contributed by atoms with van der Waals surface area (Å²) < 4.78 is 5.35. The molecule has 0 saturated heterocycles. The summed E-state index contributed by atoms with van der Waals surface area (Å²) in [5.41, 5.74) is 2.75. The maximum absolute atomic E-state index is 13.5. The summed E-state index contributed by atoms with van der Waals surface area (Å²) in [6.07, 6.45) is 1.71. The van der Waals surface area contributed by atoms with Gasteiger partial charge in [0.05, 0.1) is 23.4 Å². The Morgan fingerprint density at radius 1 is 1.09 bits per heavy atom. The largest absolute Gasteiger partial charge is 0.463 e. The Balaban J connectivity index is 1.91. The molecule has 1 unspecified atom stereocenters. The number of likely N-dealkylation sites (N-methyl/N-ethyl adjacent to an activating group) is 1. The van der Waals surface area contributed by atoms with Gasteiger partial charge in [-0.25, -0.2) is 20.8 Å². The first-order valence-electron chi connectivity index (χ1n) is 10.5. The Kier molecular flexibility index (Phi) is 6.04. The smallest absolute Gasteiger partial charge is 0.338 e. The number of amides is 1. The zero-order chi connectivity index (χ0) is 22.7. The van der Waals surface area contributed by atoms with Crippen LogP contribution in [0, 0.1) is 0 Å². The van der Waals surface area contributed by atoms with E-state index in [2.05, 4.69) is 10.3 Å². The van der Waals surface area contributed by atoms with Crippen molar-refractivity contribution in [2.24, 2.45) is 5.84 Å². The van der Waals surface area contributed by atoms with Gasteiger partial charge < -0.3 is 10.1 Å². The number of hydrogen-bond acceptors (Lipinski definition) is 7. The van der Waals surface area contributed by atoms with E-state index >= 15 is 0 Å². The maximum atomic E-state index is 13.5. The number of nitrogens with zero attached hydrogens (tertiary/aromatic N) is 3. The van der Waals surface area contributed by atoms with Crippen molar-refractivity contribution in [1.82, 2.24) is 15.1 Å². The van der Waals surface area contributed by atoms with Crippen molar-refractivity contribution in [3.63, 3.8) is 0 Å². The number of anilines is 1. The Morgan fingerprint density at radius 3 is 2.59 bits per heavy atom. The van der Waals surface area contributed by atoms with Crippen LogP contribution in [0.5, 0.6) is 0 Å². The quantitative estimate of drug-likeness (QED) is 0.457. The lowest BCUT2D eigenvalue weighted by molar-refractivity contribution is -0.149. The van der Waals surface area contributed by atoms with Gasteiger partial charge in [0.2, 0.25) is 0 Å². The first kappa shape index (κ1) is 21.3. The first-order valence-corrected chi connectivity index (χ1v) is 10.5. The third kappa shape index (κ3) is 3.76. The number of pyridine rings is 1. The molecule has 0 fully saturated rings. The Labute approximate surface area is 186 Å². The zero-order valence-corrected chi connectivity index (χ0v) is 18.0. The second-order valence-corrected chi connectivity index (χ2v) is 7.20. The van der Waals surface area contributed by atoms with Crippen LogP contribution in [-0.4, -0.2) is 46.2 Å². The highest BCUT2D eigenvalue weighted by atomic mass is 16.5. The number of rotatable bonds is 6. The van der Waals surface area contributed by atoms with Crippen LogP contribution in [0.3, 0.4) is 0 Å². The molecule has 1 atom stereocenters. The lowest BCUT2D eigenvalue weighted by Gasteiger charge is -2.42. The van der Waals surface area contributed by atoms with Gasteiger partial charge in [-0.3, -0.25) is 9.78 Å². The number of aromatic nitrogens is 1. The topological polar surface area (TPSA) is 101 Å². The molecule has 4 rings (SSSR count). The predicted octanol–water partition coefficient (Wildman–Crippen LogP) is 2.94. The van der Waals surface area contributed by atoms with E-state index in [1.807, 2.05) is 67.6 Å². The minimum Gasteiger partial charge on any atom is -0.463 e. The molecular formula is C24H25N5O3. The molecule has 1 aromatic heterocycles. The number of fused-ring (bicyclic) bond motifs is 1. The minimum atomic E-state index is -0.991. The number of esters is 1.